The Hall–Kier alpha value is -2.26. The average Bonchev–Trinajstić information content (AvgIpc) is 3.31. The molecule has 3 aromatic rings. The van der Waals surface area contributed by atoms with E-state index in [1.165, 1.54) is 35.7 Å². The third-order valence-electron chi connectivity index (χ3n) is 4.17. The zero-order chi connectivity index (χ0) is 23.0. The molecule has 0 aliphatic heterocycles. The molecule has 0 aliphatic carbocycles. The number of alkyl halides is 4. The summed E-state index contributed by atoms with van der Waals surface area (Å²) in [6.07, 6.45) is -6.45. The van der Waals surface area contributed by atoms with Crippen molar-refractivity contribution in [1.82, 2.24) is 4.98 Å². The molecule has 0 bridgehead atoms. The molecule has 0 spiro atoms. The summed E-state index contributed by atoms with van der Waals surface area (Å²) in [7, 11) is -4.07. The summed E-state index contributed by atoms with van der Waals surface area (Å²) in [6, 6.07) is 6.94. The predicted molar refractivity (Wildman–Crippen MR) is 111 cm³/mol. The van der Waals surface area contributed by atoms with Gasteiger partial charge < -0.3 is 15.7 Å². The first-order valence-corrected chi connectivity index (χ1v) is 11.7. The van der Waals surface area contributed by atoms with Crippen LogP contribution in [-0.4, -0.2) is 24.7 Å². The minimum atomic E-state index is -4.58. The second-order valence-corrected chi connectivity index (χ2v) is 10.1. The lowest BCUT2D eigenvalue weighted by Crippen LogP contribution is -2.38. The van der Waals surface area contributed by atoms with E-state index in [0.29, 0.717) is 0 Å². The zero-order valence-corrected chi connectivity index (χ0v) is 18.1. The second kappa shape index (κ2) is 8.35. The van der Waals surface area contributed by atoms with Crippen LogP contribution < -0.4 is 15.8 Å². The highest BCUT2D eigenvalue weighted by molar-refractivity contribution is 7.91. The number of aliphatic hydroxyl groups excluding tert-OH is 1. The van der Waals surface area contributed by atoms with Crippen LogP contribution in [0.3, 0.4) is 0 Å². The Morgan fingerprint density at radius 1 is 1.19 bits per heavy atom. The first-order chi connectivity index (χ1) is 14.3. The monoisotopic (exact) mass is 496 g/mol. The molecule has 168 valence electrons. The molecule has 1 unspecified atom stereocenters. The van der Waals surface area contributed by atoms with Crippen molar-refractivity contribution in [1.29, 1.82) is 0 Å². The molecule has 2 aromatic heterocycles. The van der Waals surface area contributed by atoms with Gasteiger partial charge in [-0.05, 0) is 36.1 Å². The number of nitrogens with one attached hydrogen (secondary N) is 2. The summed E-state index contributed by atoms with van der Waals surface area (Å²) in [4.78, 5) is 3.45. The average molecular weight is 497 g/mol. The fourth-order valence-electron chi connectivity index (χ4n) is 2.55. The number of hydrogen-bond acceptors (Lipinski definition) is 8. The molecule has 0 saturated carbocycles. The number of aromatic nitrogens is 1. The maximum absolute atomic E-state index is 15.4. The molecule has 3 rings (SSSR count). The molecule has 0 fully saturated rings. The first-order valence-electron chi connectivity index (χ1n) is 8.42. The Labute approximate surface area is 182 Å². The van der Waals surface area contributed by atoms with Crippen LogP contribution in [0.4, 0.5) is 34.1 Å². The van der Waals surface area contributed by atoms with Crippen LogP contribution in [0.15, 0.2) is 45.3 Å². The molecule has 0 saturated heterocycles. The third-order valence-corrected chi connectivity index (χ3v) is 7.35. The Bertz CT molecular complexity index is 1180. The number of thiophene rings is 1. The summed E-state index contributed by atoms with van der Waals surface area (Å²) in [5.41, 5.74) is -3.28. The van der Waals surface area contributed by atoms with Crippen molar-refractivity contribution in [2.24, 2.45) is 5.14 Å². The van der Waals surface area contributed by atoms with E-state index < -0.39 is 33.8 Å². The van der Waals surface area contributed by atoms with E-state index in [-0.39, 0.29) is 26.3 Å². The van der Waals surface area contributed by atoms with Crippen molar-refractivity contribution in [2.75, 3.05) is 10.6 Å². The summed E-state index contributed by atoms with van der Waals surface area (Å²) in [5.74, 6) is 0. The quantitative estimate of drug-likeness (QED) is 0.287. The highest BCUT2D eigenvalue weighted by atomic mass is 32.2. The number of hydrogen-bond donors (Lipinski definition) is 4. The molecule has 5 N–H and O–H groups in total. The fraction of sp³-hybridized carbons (Fsp3) is 0.235. The minimum Gasteiger partial charge on any atom is -0.370 e. The number of halogens is 4. The third kappa shape index (κ3) is 5.33. The standard InChI is InChI=1S/C17H16F4N4O3S3/c1-16(18,14(26)24-11-5-6-29-13(11)31(22,27)28)9-3-2-4-10(7-9)23-15-25-12(8-30-15)17(19,20)21/h2-8,14,24,26H,1H3,(H,23,25)(H2,22,27,28)/t14-,16?/m0/s1. The lowest BCUT2D eigenvalue weighted by atomic mass is 9.95. The van der Waals surface area contributed by atoms with Gasteiger partial charge >= 0.3 is 6.18 Å². The number of rotatable bonds is 7. The van der Waals surface area contributed by atoms with E-state index in [4.69, 9.17) is 5.14 Å². The Balaban J connectivity index is 1.80. The molecule has 31 heavy (non-hydrogen) atoms. The highest BCUT2D eigenvalue weighted by Crippen LogP contribution is 2.36. The lowest BCUT2D eigenvalue weighted by Gasteiger charge is -2.28. The molecule has 2 heterocycles. The fourth-order valence-corrected chi connectivity index (χ4v) is 5.01. The van der Waals surface area contributed by atoms with E-state index in [0.717, 1.165) is 35.0 Å². The number of anilines is 3. The number of nitrogens with zero attached hydrogens (tertiary/aromatic N) is 1. The van der Waals surface area contributed by atoms with Crippen molar-refractivity contribution >= 4 is 49.2 Å². The van der Waals surface area contributed by atoms with Crippen LogP contribution in [-0.2, 0) is 21.9 Å². The van der Waals surface area contributed by atoms with E-state index in [2.05, 4.69) is 15.6 Å². The van der Waals surface area contributed by atoms with Gasteiger partial charge in [-0.3, -0.25) is 0 Å². The normalized spacial score (nSPS) is 15.3. The van der Waals surface area contributed by atoms with Crippen molar-refractivity contribution in [3.05, 3.63) is 52.3 Å². The molecule has 14 heteroatoms. The second-order valence-electron chi connectivity index (χ2n) is 6.53. The van der Waals surface area contributed by atoms with Gasteiger partial charge in [0.2, 0.25) is 10.0 Å². The minimum absolute atomic E-state index is 0.0162. The largest absolute Gasteiger partial charge is 0.434 e. The maximum atomic E-state index is 15.4. The predicted octanol–water partition coefficient (Wildman–Crippen LogP) is 4.23. The Kier molecular flexibility index (Phi) is 6.30. The Morgan fingerprint density at radius 3 is 2.52 bits per heavy atom. The van der Waals surface area contributed by atoms with Crippen LogP contribution in [0.2, 0.25) is 0 Å². The summed E-state index contributed by atoms with van der Waals surface area (Å²) < 4.78 is 76.4. The molecule has 0 aliphatic rings. The zero-order valence-electron chi connectivity index (χ0n) is 15.6. The van der Waals surface area contributed by atoms with Gasteiger partial charge in [0.15, 0.2) is 26.9 Å². The molecular weight excluding hydrogens is 480 g/mol. The van der Waals surface area contributed by atoms with Gasteiger partial charge in [-0.15, -0.1) is 22.7 Å². The molecule has 2 atom stereocenters. The number of nitrogens with two attached hydrogens (primary N) is 1. The van der Waals surface area contributed by atoms with Gasteiger partial charge in [-0.2, -0.15) is 13.2 Å². The van der Waals surface area contributed by atoms with Gasteiger partial charge in [-0.1, -0.05) is 12.1 Å². The van der Waals surface area contributed by atoms with Gasteiger partial charge in [0.05, 0.1) is 5.69 Å². The molecular formula is C17H16F4N4O3S3. The molecule has 7 nitrogen and oxygen atoms in total. The summed E-state index contributed by atoms with van der Waals surface area (Å²) >= 11 is 1.54. The maximum Gasteiger partial charge on any atom is 0.434 e. The van der Waals surface area contributed by atoms with Crippen LogP contribution in [0.1, 0.15) is 18.2 Å². The summed E-state index contributed by atoms with van der Waals surface area (Å²) in [6.45, 7) is 1.07. The van der Waals surface area contributed by atoms with Crippen molar-refractivity contribution in [3.63, 3.8) is 0 Å². The van der Waals surface area contributed by atoms with E-state index in [9.17, 15) is 26.7 Å². The number of sulfonamides is 1. The number of aliphatic hydroxyl groups is 1. The first kappa shape index (κ1) is 23.4. The smallest absolute Gasteiger partial charge is 0.370 e. The van der Waals surface area contributed by atoms with Crippen LogP contribution in [0.25, 0.3) is 0 Å². The lowest BCUT2D eigenvalue weighted by molar-refractivity contribution is -0.140. The van der Waals surface area contributed by atoms with Crippen molar-refractivity contribution < 1.29 is 31.1 Å². The molecule has 0 amide bonds. The number of primary sulfonamides is 1. The SMILES string of the molecule is CC(F)(c1cccc(Nc2nc(C(F)(F)F)cs2)c1)[C@H](O)Nc1ccsc1S(N)(=O)=O. The summed E-state index contributed by atoms with van der Waals surface area (Å²) in [5, 5.41) is 22.8. The van der Waals surface area contributed by atoms with Crippen molar-refractivity contribution in [2.45, 2.75) is 29.2 Å². The van der Waals surface area contributed by atoms with E-state index in [1.807, 2.05) is 0 Å². The van der Waals surface area contributed by atoms with Gasteiger partial charge in [0.25, 0.3) is 0 Å². The number of thiazole rings is 1. The van der Waals surface area contributed by atoms with Crippen LogP contribution in [0.5, 0.6) is 0 Å². The van der Waals surface area contributed by atoms with Crippen molar-refractivity contribution in [3.8, 4) is 0 Å². The molecule has 0 radical (unpaired) electrons. The van der Waals surface area contributed by atoms with Gasteiger partial charge in [-0.25, -0.2) is 22.9 Å². The Morgan fingerprint density at radius 2 is 1.90 bits per heavy atom. The van der Waals surface area contributed by atoms with Crippen LogP contribution in [0, 0.1) is 0 Å². The molecule has 1 aromatic carbocycles. The van der Waals surface area contributed by atoms with Gasteiger partial charge in [0.1, 0.15) is 0 Å². The number of benzene rings is 1. The van der Waals surface area contributed by atoms with Crippen LogP contribution >= 0.6 is 22.7 Å². The van der Waals surface area contributed by atoms with Gasteiger partial charge in [0, 0.05) is 11.1 Å². The van der Waals surface area contributed by atoms with E-state index in [1.54, 1.807) is 0 Å². The highest BCUT2D eigenvalue weighted by Gasteiger charge is 2.37. The topological polar surface area (TPSA) is 117 Å². The van der Waals surface area contributed by atoms with E-state index >= 15 is 4.39 Å².